The molecule has 0 heterocycles. The van der Waals surface area contributed by atoms with Crippen LogP contribution in [0.1, 0.15) is 29.8 Å². The molecule has 0 aromatic heterocycles. The number of esters is 1. The second kappa shape index (κ2) is 10.2. The highest BCUT2D eigenvalue weighted by atomic mass is 32.2. The number of benzene rings is 2. The Labute approximate surface area is 188 Å². The van der Waals surface area contributed by atoms with Crippen LogP contribution < -0.4 is 5.32 Å². The molecule has 174 valence electrons. The van der Waals surface area contributed by atoms with E-state index in [1.165, 1.54) is 46.8 Å². The Kier molecular flexibility index (Phi) is 8.16. The Morgan fingerprint density at radius 2 is 1.50 bits per heavy atom. The van der Waals surface area contributed by atoms with Crippen LogP contribution >= 0.6 is 0 Å². The SMILES string of the molecule is CCN(CC)S(=O)(=O)c1ccc(NC(=O)COC(=O)c2cc(S(C)(=O)=O)ccc2C)cc1. The minimum Gasteiger partial charge on any atom is -0.452 e. The predicted octanol–water partition coefficient (Wildman–Crippen LogP) is 2.22. The number of sulfone groups is 1. The van der Waals surface area contributed by atoms with Crippen molar-refractivity contribution in [1.29, 1.82) is 0 Å². The molecular formula is C21H26N2O7S2. The molecule has 0 atom stereocenters. The van der Waals surface area contributed by atoms with Gasteiger partial charge in [-0.2, -0.15) is 4.31 Å². The van der Waals surface area contributed by atoms with Crippen LogP contribution in [0.4, 0.5) is 5.69 Å². The largest absolute Gasteiger partial charge is 0.452 e. The van der Waals surface area contributed by atoms with Crippen LogP contribution in [0.5, 0.6) is 0 Å². The van der Waals surface area contributed by atoms with Crippen molar-refractivity contribution < 1.29 is 31.2 Å². The Morgan fingerprint density at radius 3 is 2.03 bits per heavy atom. The number of anilines is 1. The van der Waals surface area contributed by atoms with Crippen molar-refractivity contribution in [1.82, 2.24) is 4.31 Å². The third-order valence-electron chi connectivity index (χ3n) is 4.67. The minimum absolute atomic E-state index is 0.0285. The number of sulfonamides is 1. The van der Waals surface area contributed by atoms with Crippen LogP contribution in [0, 0.1) is 6.92 Å². The topological polar surface area (TPSA) is 127 Å². The molecule has 2 aromatic carbocycles. The van der Waals surface area contributed by atoms with Gasteiger partial charge in [0, 0.05) is 25.0 Å². The summed E-state index contributed by atoms with van der Waals surface area (Å²) in [4.78, 5) is 24.5. The van der Waals surface area contributed by atoms with Gasteiger partial charge in [0.2, 0.25) is 10.0 Å². The van der Waals surface area contributed by atoms with Gasteiger partial charge in [-0.3, -0.25) is 4.79 Å². The van der Waals surface area contributed by atoms with E-state index in [-0.39, 0.29) is 15.4 Å². The smallest absolute Gasteiger partial charge is 0.338 e. The van der Waals surface area contributed by atoms with Crippen molar-refractivity contribution in [3.8, 4) is 0 Å². The molecule has 2 aromatic rings. The van der Waals surface area contributed by atoms with Crippen LogP contribution in [-0.4, -0.2) is 59.0 Å². The lowest BCUT2D eigenvalue weighted by Gasteiger charge is -2.18. The lowest BCUT2D eigenvalue weighted by atomic mass is 10.1. The highest BCUT2D eigenvalue weighted by molar-refractivity contribution is 7.90. The van der Waals surface area contributed by atoms with Crippen molar-refractivity contribution >= 4 is 37.4 Å². The van der Waals surface area contributed by atoms with Crippen molar-refractivity contribution in [3.63, 3.8) is 0 Å². The maximum Gasteiger partial charge on any atom is 0.338 e. The second-order valence-corrected chi connectivity index (χ2v) is 10.9. The normalized spacial score (nSPS) is 11.9. The highest BCUT2D eigenvalue weighted by Gasteiger charge is 2.21. The van der Waals surface area contributed by atoms with Crippen LogP contribution in [-0.2, 0) is 29.4 Å². The number of aryl methyl sites for hydroxylation is 1. The number of nitrogens with zero attached hydrogens (tertiary/aromatic N) is 1. The first-order chi connectivity index (χ1) is 14.9. The number of ether oxygens (including phenoxy) is 1. The number of carbonyl (C=O) groups excluding carboxylic acids is 2. The van der Waals surface area contributed by atoms with E-state index in [4.69, 9.17) is 4.74 Å². The van der Waals surface area contributed by atoms with Gasteiger partial charge in [-0.05, 0) is 48.9 Å². The monoisotopic (exact) mass is 482 g/mol. The lowest BCUT2D eigenvalue weighted by molar-refractivity contribution is -0.119. The van der Waals surface area contributed by atoms with E-state index < -0.39 is 38.3 Å². The van der Waals surface area contributed by atoms with E-state index >= 15 is 0 Å². The molecule has 1 N–H and O–H groups in total. The standard InChI is InChI=1S/C21H26N2O7S2/c1-5-23(6-2)32(28,29)17-11-8-16(9-12-17)22-20(24)14-30-21(25)19-13-18(31(4,26)27)10-7-15(19)3/h7-13H,5-6,14H2,1-4H3,(H,22,24). The summed E-state index contributed by atoms with van der Waals surface area (Å²) >= 11 is 0. The number of nitrogens with one attached hydrogen (secondary N) is 1. The van der Waals surface area contributed by atoms with Gasteiger partial charge in [0.1, 0.15) is 0 Å². The molecule has 0 unspecified atom stereocenters. The van der Waals surface area contributed by atoms with Gasteiger partial charge in [-0.15, -0.1) is 0 Å². The molecular weight excluding hydrogens is 456 g/mol. The quantitative estimate of drug-likeness (QED) is 0.543. The fourth-order valence-electron chi connectivity index (χ4n) is 2.88. The van der Waals surface area contributed by atoms with Gasteiger partial charge in [0.05, 0.1) is 15.4 Å². The average molecular weight is 483 g/mol. The first kappa shape index (κ1) is 25.5. The zero-order valence-electron chi connectivity index (χ0n) is 18.3. The molecule has 11 heteroatoms. The van der Waals surface area contributed by atoms with Gasteiger partial charge in [0.15, 0.2) is 16.4 Å². The Morgan fingerprint density at radius 1 is 0.938 bits per heavy atom. The zero-order valence-corrected chi connectivity index (χ0v) is 19.9. The zero-order chi connectivity index (χ0) is 24.1. The number of rotatable bonds is 9. The van der Waals surface area contributed by atoms with Gasteiger partial charge in [-0.25, -0.2) is 21.6 Å². The molecule has 0 aliphatic rings. The minimum atomic E-state index is -3.61. The Bertz CT molecular complexity index is 1200. The number of amides is 1. The molecule has 0 fully saturated rings. The van der Waals surface area contributed by atoms with E-state index in [9.17, 15) is 26.4 Å². The molecule has 0 saturated heterocycles. The molecule has 0 aliphatic heterocycles. The van der Waals surface area contributed by atoms with E-state index in [2.05, 4.69) is 5.32 Å². The molecule has 2 rings (SSSR count). The highest BCUT2D eigenvalue weighted by Crippen LogP contribution is 2.19. The van der Waals surface area contributed by atoms with Gasteiger partial charge >= 0.3 is 5.97 Å². The van der Waals surface area contributed by atoms with E-state index in [1.807, 2.05) is 0 Å². The molecule has 0 radical (unpaired) electrons. The fraction of sp³-hybridized carbons (Fsp3) is 0.333. The molecule has 1 amide bonds. The summed E-state index contributed by atoms with van der Waals surface area (Å²) in [5.74, 6) is -1.46. The number of hydrogen-bond acceptors (Lipinski definition) is 7. The lowest BCUT2D eigenvalue weighted by Crippen LogP contribution is -2.30. The van der Waals surface area contributed by atoms with Gasteiger partial charge in [0.25, 0.3) is 5.91 Å². The third-order valence-corrected chi connectivity index (χ3v) is 7.85. The van der Waals surface area contributed by atoms with Crippen molar-refractivity contribution in [2.45, 2.75) is 30.6 Å². The predicted molar refractivity (Wildman–Crippen MR) is 120 cm³/mol. The third kappa shape index (κ3) is 6.15. The number of carbonyl (C=O) groups is 2. The first-order valence-electron chi connectivity index (χ1n) is 9.78. The summed E-state index contributed by atoms with van der Waals surface area (Å²) in [5, 5.41) is 2.51. The van der Waals surface area contributed by atoms with Crippen molar-refractivity contribution in [3.05, 3.63) is 53.6 Å². The van der Waals surface area contributed by atoms with Gasteiger partial charge < -0.3 is 10.1 Å². The number of hydrogen-bond donors (Lipinski definition) is 1. The second-order valence-electron chi connectivity index (χ2n) is 6.99. The van der Waals surface area contributed by atoms with E-state index in [0.29, 0.717) is 24.3 Å². The van der Waals surface area contributed by atoms with Gasteiger partial charge in [-0.1, -0.05) is 19.9 Å². The fourth-order valence-corrected chi connectivity index (χ4v) is 4.99. The van der Waals surface area contributed by atoms with E-state index in [1.54, 1.807) is 20.8 Å². The maximum atomic E-state index is 12.5. The molecule has 0 aliphatic carbocycles. The maximum absolute atomic E-state index is 12.5. The van der Waals surface area contributed by atoms with Crippen LogP contribution in [0.15, 0.2) is 52.3 Å². The summed E-state index contributed by atoms with van der Waals surface area (Å²) in [6, 6.07) is 9.73. The summed E-state index contributed by atoms with van der Waals surface area (Å²) in [6.45, 7) is 5.20. The summed E-state index contributed by atoms with van der Waals surface area (Å²) in [7, 11) is -7.11. The molecule has 32 heavy (non-hydrogen) atoms. The average Bonchev–Trinajstić information content (AvgIpc) is 2.72. The molecule has 0 spiro atoms. The summed E-state index contributed by atoms with van der Waals surface area (Å²) < 4.78 is 54.7. The first-order valence-corrected chi connectivity index (χ1v) is 13.1. The van der Waals surface area contributed by atoms with E-state index in [0.717, 1.165) is 6.26 Å². The Balaban J connectivity index is 2.03. The van der Waals surface area contributed by atoms with Crippen LogP contribution in [0.25, 0.3) is 0 Å². The Hall–Kier alpha value is -2.76. The molecule has 0 bridgehead atoms. The van der Waals surface area contributed by atoms with Crippen molar-refractivity contribution in [2.24, 2.45) is 0 Å². The van der Waals surface area contributed by atoms with Crippen LogP contribution in [0.3, 0.4) is 0 Å². The molecule has 0 saturated carbocycles. The summed E-state index contributed by atoms with van der Waals surface area (Å²) in [5.41, 5.74) is 0.888. The van der Waals surface area contributed by atoms with Crippen LogP contribution in [0.2, 0.25) is 0 Å². The van der Waals surface area contributed by atoms with Crippen molar-refractivity contribution in [2.75, 3.05) is 31.3 Å². The summed E-state index contributed by atoms with van der Waals surface area (Å²) in [6.07, 6.45) is 1.03. The molecule has 9 nitrogen and oxygen atoms in total.